The molecule has 0 amide bonds. The highest BCUT2D eigenvalue weighted by atomic mass is 79.9. The Morgan fingerprint density at radius 2 is 1.37 bits per heavy atom. The molecule has 0 saturated heterocycles. The van der Waals surface area contributed by atoms with Crippen LogP contribution in [0.5, 0.6) is 5.75 Å². The standard InChI is InChI=1S/C15H21BrCl2O/c16-11-6-4-2-1-3-5-7-12-19-15-13(17)9-8-10-14(15)18/h8-10H,1-7,11-12H2. The Hall–Kier alpha value is 0.0800. The van der Waals surface area contributed by atoms with Gasteiger partial charge in [-0.25, -0.2) is 0 Å². The lowest BCUT2D eigenvalue weighted by molar-refractivity contribution is 0.304. The average molecular weight is 368 g/mol. The van der Waals surface area contributed by atoms with Crippen molar-refractivity contribution in [3.05, 3.63) is 28.2 Å². The maximum Gasteiger partial charge on any atom is 0.156 e. The highest BCUT2D eigenvalue weighted by Crippen LogP contribution is 2.32. The van der Waals surface area contributed by atoms with Crippen LogP contribution in [0.3, 0.4) is 0 Å². The summed E-state index contributed by atoms with van der Waals surface area (Å²) in [5.74, 6) is 0.614. The average Bonchev–Trinajstić information content (AvgIpc) is 2.40. The zero-order valence-corrected chi connectivity index (χ0v) is 14.2. The first kappa shape index (κ1) is 17.1. The van der Waals surface area contributed by atoms with E-state index in [2.05, 4.69) is 15.9 Å². The molecule has 0 unspecified atom stereocenters. The third-order valence-corrected chi connectivity index (χ3v) is 4.10. The van der Waals surface area contributed by atoms with Gasteiger partial charge in [0.15, 0.2) is 5.75 Å². The number of ether oxygens (including phenoxy) is 1. The van der Waals surface area contributed by atoms with Crippen molar-refractivity contribution in [1.29, 1.82) is 0 Å². The molecule has 0 atom stereocenters. The highest BCUT2D eigenvalue weighted by molar-refractivity contribution is 9.09. The summed E-state index contributed by atoms with van der Waals surface area (Å²) in [5.41, 5.74) is 0. The van der Waals surface area contributed by atoms with Gasteiger partial charge in [-0.05, 0) is 25.0 Å². The smallest absolute Gasteiger partial charge is 0.156 e. The van der Waals surface area contributed by atoms with Crippen LogP contribution in [0.25, 0.3) is 0 Å². The molecular formula is C15H21BrCl2O. The summed E-state index contributed by atoms with van der Waals surface area (Å²) < 4.78 is 5.64. The molecular weight excluding hydrogens is 347 g/mol. The fraction of sp³-hybridized carbons (Fsp3) is 0.600. The van der Waals surface area contributed by atoms with Gasteiger partial charge in [-0.2, -0.15) is 0 Å². The minimum atomic E-state index is 0.585. The summed E-state index contributed by atoms with van der Waals surface area (Å²) in [6.07, 6.45) is 8.81. The Morgan fingerprint density at radius 3 is 1.95 bits per heavy atom. The Labute approximate surface area is 134 Å². The van der Waals surface area contributed by atoms with Crippen molar-refractivity contribution in [1.82, 2.24) is 0 Å². The predicted octanol–water partition coefficient (Wildman–Crippen LogP) is 6.50. The van der Waals surface area contributed by atoms with Gasteiger partial charge in [0.25, 0.3) is 0 Å². The Morgan fingerprint density at radius 1 is 0.842 bits per heavy atom. The lowest BCUT2D eigenvalue weighted by Gasteiger charge is -2.09. The fourth-order valence-corrected chi connectivity index (χ4v) is 2.78. The Kier molecular flexibility index (Phi) is 9.76. The maximum absolute atomic E-state index is 6.03. The van der Waals surface area contributed by atoms with E-state index in [1.54, 1.807) is 12.1 Å². The molecule has 0 aliphatic heterocycles. The quantitative estimate of drug-likeness (QED) is 0.338. The van der Waals surface area contributed by atoms with Gasteiger partial charge in [-0.15, -0.1) is 0 Å². The number of rotatable bonds is 10. The van der Waals surface area contributed by atoms with Crippen molar-refractivity contribution in [3.63, 3.8) is 0 Å². The van der Waals surface area contributed by atoms with Crippen molar-refractivity contribution in [2.75, 3.05) is 11.9 Å². The predicted molar refractivity (Wildman–Crippen MR) is 88.1 cm³/mol. The first-order valence-corrected chi connectivity index (χ1v) is 8.76. The second-order valence-electron chi connectivity index (χ2n) is 4.56. The van der Waals surface area contributed by atoms with Crippen LogP contribution >= 0.6 is 39.1 Å². The number of unbranched alkanes of at least 4 members (excludes halogenated alkanes) is 6. The van der Waals surface area contributed by atoms with Gasteiger partial charge in [0, 0.05) is 5.33 Å². The van der Waals surface area contributed by atoms with Crippen molar-refractivity contribution >= 4 is 39.1 Å². The molecule has 0 N–H and O–H groups in total. The normalized spacial score (nSPS) is 10.7. The first-order chi connectivity index (χ1) is 9.25. The molecule has 1 rings (SSSR count). The van der Waals surface area contributed by atoms with Crippen LogP contribution < -0.4 is 4.74 Å². The van der Waals surface area contributed by atoms with Gasteiger partial charge in [0.2, 0.25) is 0 Å². The number of halogens is 3. The van der Waals surface area contributed by atoms with E-state index in [-0.39, 0.29) is 0 Å². The molecule has 0 aliphatic rings. The van der Waals surface area contributed by atoms with Crippen LogP contribution in [0.15, 0.2) is 18.2 Å². The van der Waals surface area contributed by atoms with Crippen LogP contribution in [0.1, 0.15) is 44.9 Å². The van der Waals surface area contributed by atoms with Crippen LogP contribution in [-0.2, 0) is 0 Å². The molecule has 108 valence electrons. The van der Waals surface area contributed by atoms with E-state index in [0.29, 0.717) is 22.4 Å². The number of benzene rings is 1. The van der Waals surface area contributed by atoms with Gasteiger partial charge in [-0.3, -0.25) is 0 Å². The molecule has 4 heteroatoms. The second-order valence-corrected chi connectivity index (χ2v) is 6.17. The lowest BCUT2D eigenvalue weighted by atomic mass is 10.1. The summed E-state index contributed by atoms with van der Waals surface area (Å²) in [6, 6.07) is 5.42. The maximum atomic E-state index is 6.03. The van der Waals surface area contributed by atoms with Crippen molar-refractivity contribution < 1.29 is 4.74 Å². The van der Waals surface area contributed by atoms with Gasteiger partial charge >= 0.3 is 0 Å². The second kappa shape index (κ2) is 10.8. The van der Waals surface area contributed by atoms with Gasteiger partial charge in [0.05, 0.1) is 16.7 Å². The van der Waals surface area contributed by atoms with Gasteiger partial charge in [-0.1, -0.05) is 77.3 Å². The number of hydrogen-bond donors (Lipinski definition) is 0. The Bertz CT molecular complexity index is 338. The zero-order valence-electron chi connectivity index (χ0n) is 11.1. The van der Waals surface area contributed by atoms with E-state index in [1.165, 1.54) is 38.5 Å². The molecule has 19 heavy (non-hydrogen) atoms. The van der Waals surface area contributed by atoms with E-state index in [0.717, 1.165) is 11.8 Å². The molecule has 1 aromatic carbocycles. The molecule has 0 spiro atoms. The Balaban J connectivity index is 2.05. The molecule has 0 heterocycles. The highest BCUT2D eigenvalue weighted by Gasteiger charge is 2.05. The fourth-order valence-electron chi connectivity index (χ4n) is 1.88. The van der Waals surface area contributed by atoms with E-state index in [4.69, 9.17) is 27.9 Å². The third-order valence-electron chi connectivity index (χ3n) is 2.94. The SMILES string of the molecule is Clc1cccc(Cl)c1OCCCCCCCCCBr. The number of hydrogen-bond acceptors (Lipinski definition) is 1. The summed E-state index contributed by atoms with van der Waals surface area (Å²) in [4.78, 5) is 0. The van der Waals surface area contributed by atoms with Crippen molar-refractivity contribution in [2.45, 2.75) is 44.9 Å². The van der Waals surface area contributed by atoms with Crippen LogP contribution in [0.2, 0.25) is 10.0 Å². The third kappa shape index (κ3) is 7.43. The molecule has 0 fully saturated rings. The van der Waals surface area contributed by atoms with E-state index >= 15 is 0 Å². The molecule has 0 aromatic heterocycles. The first-order valence-electron chi connectivity index (χ1n) is 6.88. The summed E-state index contributed by atoms with van der Waals surface area (Å²) in [7, 11) is 0. The summed E-state index contributed by atoms with van der Waals surface area (Å²) in [5, 5.41) is 2.30. The molecule has 0 aliphatic carbocycles. The summed E-state index contributed by atoms with van der Waals surface area (Å²) in [6.45, 7) is 0.685. The minimum absolute atomic E-state index is 0.585. The molecule has 1 aromatic rings. The monoisotopic (exact) mass is 366 g/mol. The van der Waals surface area contributed by atoms with Crippen LogP contribution in [-0.4, -0.2) is 11.9 Å². The molecule has 0 radical (unpaired) electrons. The van der Waals surface area contributed by atoms with Gasteiger partial charge < -0.3 is 4.74 Å². The van der Waals surface area contributed by atoms with Crippen LogP contribution in [0.4, 0.5) is 0 Å². The van der Waals surface area contributed by atoms with Crippen molar-refractivity contribution in [2.24, 2.45) is 0 Å². The lowest BCUT2D eigenvalue weighted by Crippen LogP contribution is -1.98. The van der Waals surface area contributed by atoms with E-state index in [1.807, 2.05) is 6.07 Å². The largest absolute Gasteiger partial charge is 0.490 e. The molecule has 0 saturated carbocycles. The molecule has 1 nitrogen and oxygen atoms in total. The minimum Gasteiger partial charge on any atom is -0.490 e. The van der Waals surface area contributed by atoms with E-state index in [9.17, 15) is 0 Å². The zero-order chi connectivity index (χ0) is 13.9. The van der Waals surface area contributed by atoms with Crippen molar-refractivity contribution in [3.8, 4) is 5.75 Å². The topological polar surface area (TPSA) is 9.23 Å². The van der Waals surface area contributed by atoms with Gasteiger partial charge in [0.1, 0.15) is 0 Å². The summed E-state index contributed by atoms with van der Waals surface area (Å²) >= 11 is 15.5. The number of alkyl halides is 1. The van der Waals surface area contributed by atoms with Crippen LogP contribution in [0, 0.1) is 0 Å². The van der Waals surface area contributed by atoms with E-state index < -0.39 is 0 Å². The molecule has 0 bridgehead atoms. The number of para-hydroxylation sites is 1.